The van der Waals surface area contributed by atoms with Crippen molar-refractivity contribution >= 4 is 29.1 Å². The number of hydrogen-bond donors (Lipinski definition) is 1. The van der Waals surface area contributed by atoms with E-state index < -0.39 is 0 Å². The zero-order valence-corrected chi connectivity index (χ0v) is 9.37. The predicted molar refractivity (Wildman–Crippen MR) is 57.8 cm³/mol. The van der Waals surface area contributed by atoms with Crippen molar-refractivity contribution < 1.29 is 0 Å². The molecule has 1 aromatic rings. The van der Waals surface area contributed by atoms with Crippen LogP contribution in [0.4, 0.5) is 5.82 Å². The van der Waals surface area contributed by atoms with Gasteiger partial charge in [0.2, 0.25) is 0 Å². The molecule has 0 atom stereocenters. The van der Waals surface area contributed by atoms with Gasteiger partial charge in [0.25, 0.3) is 0 Å². The third kappa shape index (κ3) is 1.32. The highest BCUT2D eigenvalue weighted by molar-refractivity contribution is 6.99. The zero-order valence-electron chi connectivity index (χ0n) is 7.79. The molecule has 2 fully saturated rings. The molecule has 76 valence electrons. The Bertz CT molecular complexity index is 340. The van der Waals surface area contributed by atoms with Crippen LogP contribution in [0.25, 0.3) is 0 Å². The average Bonchev–Trinajstić information content (AvgIpc) is 2.39. The summed E-state index contributed by atoms with van der Waals surface area (Å²) in [5, 5.41) is 3.87. The molecule has 0 aliphatic heterocycles. The minimum atomic E-state index is 0.518. The monoisotopic (exact) mass is 229 g/mol. The molecule has 0 bridgehead atoms. The van der Waals surface area contributed by atoms with Crippen LogP contribution in [0.1, 0.15) is 32.1 Å². The molecule has 5 heteroatoms. The molecule has 2 aliphatic rings. The predicted octanol–water partition coefficient (Wildman–Crippen LogP) is 2.94. The molecule has 1 aromatic heterocycles. The molecule has 0 amide bonds. The van der Waals surface area contributed by atoms with E-state index in [-0.39, 0.29) is 0 Å². The highest BCUT2D eigenvalue weighted by atomic mass is 35.5. The fourth-order valence-corrected chi connectivity index (χ4v) is 3.29. The van der Waals surface area contributed by atoms with Crippen molar-refractivity contribution in [3.8, 4) is 0 Å². The first kappa shape index (κ1) is 8.92. The molecule has 1 N–H and O–H groups in total. The number of nitrogens with zero attached hydrogens (tertiary/aromatic N) is 2. The molecular weight excluding hydrogens is 218 g/mol. The molecule has 2 saturated carbocycles. The lowest BCUT2D eigenvalue weighted by atomic mass is 9.54. The second kappa shape index (κ2) is 3.07. The summed E-state index contributed by atoms with van der Waals surface area (Å²) in [4.78, 5) is 0. The maximum absolute atomic E-state index is 5.86. The molecule has 2 aliphatic carbocycles. The van der Waals surface area contributed by atoms with E-state index in [1.807, 2.05) is 0 Å². The van der Waals surface area contributed by atoms with E-state index in [0.29, 0.717) is 16.6 Å². The Morgan fingerprint density at radius 1 is 1.36 bits per heavy atom. The quantitative estimate of drug-likeness (QED) is 0.848. The molecule has 1 spiro atoms. The minimum Gasteiger partial charge on any atom is -0.364 e. The van der Waals surface area contributed by atoms with Gasteiger partial charge in [0, 0.05) is 6.04 Å². The fourth-order valence-electron chi connectivity index (χ4n) is 2.63. The van der Waals surface area contributed by atoms with Gasteiger partial charge in [-0.25, -0.2) is 0 Å². The number of anilines is 1. The smallest absolute Gasteiger partial charge is 0.186 e. The van der Waals surface area contributed by atoms with Crippen LogP contribution in [0, 0.1) is 5.41 Å². The van der Waals surface area contributed by atoms with E-state index in [4.69, 9.17) is 11.6 Å². The summed E-state index contributed by atoms with van der Waals surface area (Å²) in [5.41, 5.74) is 0.702. The van der Waals surface area contributed by atoms with Gasteiger partial charge in [0.15, 0.2) is 11.0 Å². The maximum atomic E-state index is 5.86. The first-order chi connectivity index (χ1) is 6.77. The first-order valence-electron chi connectivity index (χ1n) is 5.02. The summed E-state index contributed by atoms with van der Waals surface area (Å²) in [6, 6.07) is 0.580. The molecule has 0 radical (unpaired) electrons. The fraction of sp³-hybridized carbons (Fsp3) is 0.778. The van der Waals surface area contributed by atoms with E-state index in [1.165, 1.54) is 43.8 Å². The zero-order chi connectivity index (χ0) is 9.60. The molecule has 14 heavy (non-hydrogen) atoms. The summed E-state index contributed by atoms with van der Waals surface area (Å²) in [6.07, 6.45) is 6.86. The summed E-state index contributed by atoms with van der Waals surface area (Å²) in [7, 11) is 0. The Balaban J connectivity index is 1.58. The van der Waals surface area contributed by atoms with Crippen molar-refractivity contribution in [1.82, 2.24) is 8.75 Å². The number of halogens is 1. The van der Waals surface area contributed by atoms with E-state index >= 15 is 0 Å². The van der Waals surface area contributed by atoms with Crippen LogP contribution in [0.5, 0.6) is 0 Å². The van der Waals surface area contributed by atoms with Crippen LogP contribution >= 0.6 is 23.3 Å². The number of hydrogen-bond acceptors (Lipinski definition) is 4. The van der Waals surface area contributed by atoms with Crippen molar-refractivity contribution in [1.29, 1.82) is 0 Å². The van der Waals surface area contributed by atoms with E-state index in [0.717, 1.165) is 5.82 Å². The Kier molecular flexibility index (Phi) is 1.96. The van der Waals surface area contributed by atoms with Gasteiger partial charge in [-0.05, 0) is 31.1 Å². The van der Waals surface area contributed by atoms with Gasteiger partial charge in [-0.1, -0.05) is 18.0 Å². The van der Waals surface area contributed by atoms with Crippen LogP contribution in [-0.4, -0.2) is 14.8 Å². The summed E-state index contributed by atoms with van der Waals surface area (Å²) in [5.74, 6) is 0.774. The van der Waals surface area contributed by atoms with Crippen LogP contribution < -0.4 is 5.32 Å². The maximum Gasteiger partial charge on any atom is 0.186 e. The molecule has 3 nitrogen and oxygen atoms in total. The van der Waals surface area contributed by atoms with Crippen molar-refractivity contribution in [3.05, 3.63) is 5.15 Å². The summed E-state index contributed by atoms with van der Waals surface area (Å²) < 4.78 is 8.05. The van der Waals surface area contributed by atoms with Gasteiger partial charge in [-0.3, -0.25) is 0 Å². The third-order valence-electron chi connectivity index (χ3n) is 3.56. The van der Waals surface area contributed by atoms with Gasteiger partial charge in [0.1, 0.15) is 0 Å². The lowest BCUT2D eigenvalue weighted by molar-refractivity contribution is 0.0191. The Labute approximate surface area is 92.2 Å². The lowest BCUT2D eigenvalue weighted by Gasteiger charge is -2.54. The molecule has 0 unspecified atom stereocenters. The van der Waals surface area contributed by atoms with E-state index in [1.54, 1.807) is 0 Å². The van der Waals surface area contributed by atoms with Crippen LogP contribution in [0.3, 0.4) is 0 Å². The Hall–Kier alpha value is -0.350. The van der Waals surface area contributed by atoms with Gasteiger partial charge in [-0.15, -0.1) is 0 Å². The van der Waals surface area contributed by atoms with E-state index in [2.05, 4.69) is 14.1 Å². The SMILES string of the molecule is Clc1nsnc1NC1CC2(CCC2)C1. The Morgan fingerprint density at radius 2 is 2.14 bits per heavy atom. The number of aromatic nitrogens is 2. The Morgan fingerprint density at radius 3 is 2.64 bits per heavy atom. The topological polar surface area (TPSA) is 37.8 Å². The molecule has 0 saturated heterocycles. The van der Waals surface area contributed by atoms with Crippen LogP contribution in [-0.2, 0) is 0 Å². The molecule has 0 aromatic carbocycles. The molecule has 1 heterocycles. The van der Waals surface area contributed by atoms with Gasteiger partial charge in [0.05, 0.1) is 11.7 Å². The molecule has 3 rings (SSSR count). The van der Waals surface area contributed by atoms with Crippen molar-refractivity contribution in [3.63, 3.8) is 0 Å². The third-order valence-corrected chi connectivity index (χ3v) is 4.45. The first-order valence-corrected chi connectivity index (χ1v) is 6.13. The van der Waals surface area contributed by atoms with E-state index in [9.17, 15) is 0 Å². The van der Waals surface area contributed by atoms with Crippen LogP contribution in [0.2, 0.25) is 5.15 Å². The number of rotatable bonds is 2. The standard InChI is InChI=1S/C9H12ClN3S/c10-7-8(13-14-12-7)11-6-4-9(5-6)2-1-3-9/h6H,1-5H2,(H,11,13). The summed E-state index contributed by atoms with van der Waals surface area (Å²) >= 11 is 7.03. The van der Waals surface area contributed by atoms with Crippen molar-refractivity contribution in [2.75, 3.05) is 5.32 Å². The van der Waals surface area contributed by atoms with Gasteiger partial charge < -0.3 is 5.32 Å². The second-order valence-electron chi connectivity index (χ2n) is 4.51. The van der Waals surface area contributed by atoms with Gasteiger partial charge >= 0.3 is 0 Å². The number of nitrogens with one attached hydrogen (secondary N) is 1. The highest BCUT2D eigenvalue weighted by Gasteiger charge is 2.48. The van der Waals surface area contributed by atoms with Crippen LogP contribution in [0.15, 0.2) is 0 Å². The largest absolute Gasteiger partial charge is 0.364 e. The summed E-state index contributed by atoms with van der Waals surface area (Å²) in [6.45, 7) is 0. The second-order valence-corrected chi connectivity index (χ2v) is 5.39. The van der Waals surface area contributed by atoms with Gasteiger partial charge in [-0.2, -0.15) is 8.75 Å². The molecular formula is C9H12ClN3S. The normalized spacial score (nSPS) is 24.4. The lowest BCUT2D eigenvalue weighted by Crippen LogP contribution is -2.49. The highest BCUT2D eigenvalue weighted by Crippen LogP contribution is 2.56. The van der Waals surface area contributed by atoms with Crippen molar-refractivity contribution in [2.45, 2.75) is 38.1 Å². The minimum absolute atomic E-state index is 0.518. The van der Waals surface area contributed by atoms with Crippen molar-refractivity contribution in [2.24, 2.45) is 5.41 Å². The average molecular weight is 230 g/mol.